The van der Waals surface area contributed by atoms with Gasteiger partial charge in [-0.15, -0.1) is 16.4 Å². The van der Waals surface area contributed by atoms with Crippen LogP contribution in [-0.2, 0) is 4.79 Å². The van der Waals surface area contributed by atoms with Crippen LogP contribution in [-0.4, -0.2) is 26.7 Å². The number of hydrogen-bond acceptors (Lipinski definition) is 5. The van der Waals surface area contributed by atoms with E-state index in [1.54, 1.807) is 11.3 Å². The van der Waals surface area contributed by atoms with Crippen LogP contribution in [0, 0.1) is 5.41 Å². The molecule has 4 nitrogen and oxygen atoms in total. The van der Waals surface area contributed by atoms with Crippen molar-refractivity contribution in [1.82, 2.24) is 15.2 Å². The number of aromatic nitrogens is 3. The summed E-state index contributed by atoms with van der Waals surface area (Å²) in [6.07, 6.45) is 3.87. The zero-order chi connectivity index (χ0) is 14.6. The van der Waals surface area contributed by atoms with Crippen molar-refractivity contribution in [3.8, 4) is 0 Å². The van der Waals surface area contributed by atoms with E-state index in [4.69, 9.17) is 0 Å². The van der Waals surface area contributed by atoms with E-state index in [1.165, 1.54) is 16.6 Å². The van der Waals surface area contributed by atoms with Crippen LogP contribution in [0.15, 0.2) is 22.7 Å². The van der Waals surface area contributed by atoms with Crippen LogP contribution >= 0.6 is 23.1 Å². The first-order valence-corrected chi connectivity index (χ1v) is 8.12. The lowest BCUT2D eigenvalue weighted by Crippen LogP contribution is -2.22. The fourth-order valence-electron chi connectivity index (χ4n) is 1.29. The second-order valence-electron chi connectivity index (χ2n) is 5.31. The average molecular weight is 307 g/mol. The average Bonchev–Trinajstić information content (AvgIpc) is 3.03. The number of H-pyrrole nitrogens is 1. The number of hydrogen-bond donors (Lipinski definition) is 1. The van der Waals surface area contributed by atoms with Gasteiger partial charge in [0.15, 0.2) is 0 Å². The first kappa shape index (κ1) is 15.0. The molecule has 2 heterocycles. The number of carbonyl (C=O) groups is 1. The Hall–Kier alpha value is -1.40. The molecule has 0 saturated carbocycles. The van der Waals surface area contributed by atoms with Crippen LogP contribution in [0.5, 0.6) is 0 Å². The Morgan fingerprint density at radius 2 is 2.25 bits per heavy atom. The molecule has 0 aliphatic carbocycles. The fraction of sp³-hybridized carbons (Fsp3) is 0.357. The second-order valence-corrected chi connectivity index (χ2v) is 7.24. The number of carbonyl (C=O) groups excluding carboxylic acids is 1. The van der Waals surface area contributed by atoms with Gasteiger partial charge >= 0.3 is 0 Å². The van der Waals surface area contributed by atoms with Gasteiger partial charge in [-0.1, -0.05) is 38.6 Å². The Balaban J connectivity index is 1.91. The first-order valence-electron chi connectivity index (χ1n) is 6.25. The number of nitrogens with one attached hydrogen (secondary N) is 1. The maximum absolute atomic E-state index is 11.8. The zero-order valence-corrected chi connectivity index (χ0v) is 13.3. The summed E-state index contributed by atoms with van der Waals surface area (Å²) in [6.45, 7) is 5.76. The van der Waals surface area contributed by atoms with E-state index in [1.807, 2.05) is 50.4 Å². The van der Waals surface area contributed by atoms with E-state index in [0.29, 0.717) is 16.7 Å². The molecule has 0 amide bonds. The number of thiophene rings is 1. The van der Waals surface area contributed by atoms with Gasteiger partial charge in [0.1, 0.15) is 11.6 Å². The lowest BCUT2D eigenvalue weighted by atomic mass is 9.92. The molecule has 0 spiro atoms. The molecule has 0 aliphatic heterocycles. The normalized spacial score (nSPS) is 12.2. The number of thioether (sulfide) groups is 1. The second kappa shape index (κ2) is 6.37. The quantitative estimate of drug-likeness (QED) is 0.855. The summed E-state index contributed by atoms with van der Waals surface area (Å²) in [4.78, 5) is 17.3. The third-order valence-electron chi connectivity index (χ3n) is 2.60. The summed E-state index contributed by atoms with van der Waals surface area (Å²) < 4.78 is 0. The largest absolute Gasteiger partial charge is 0.298 e. The number of Topliss-reactive ketones (excluding diaryl/α,β-unsaturated/α-hetero) is 1. The van der Waals surface area contributed by atoms with Gasteiger partial charge in [0.25, 0.3) is 0 Å². The van der Waals surface area contributed by atoms with Crippen molar-refractivity contribution in [3.05, 3.63) is 28.2 Å². The number of rotatable bonds is 5. The molecule has 0 atom stereocenters. The molecule has 2 rings (SSSR count). The number of aromatic amines is 1. The third kappa shape index (κ3) is 4.31. The minimum atomic E-state index is -0.314. The summed E-state index contributed by atoms with van der Waals surface area (Å²) in [5.74, 6) is 1.29. The minimum absolute atomic E-state index is 0.197. The highest BCUT2D eigenvalue weighted by Gasteiger charge is 2.21. The molecule has 2 aromatic heterocycles. The van der Waals surface area contributed by atoms with E-state index >= 15 is 0 Å². The summed E-state index contributed by atoms with van der Waals surface area (Å²) in [5, 5.41) is 9.58. The number of ketones is 1. The number of nitrogens with zero attached hydrogens (tertiary/aromatic N) is 2. The molecule has 2 aromatic rings. The van der Waals surface area contributed by atoms with Crippen molar-refractivity contribution in [2.24, 2.45) is 5.41 Å². The van der Waals surface area contributed by atoms with Gasteiger partial charge in [-0.3, -0.25) is 9.89 Å². The van der Waals surface area contributed by atoms with Crippen LogP contribution in [0.4, 0.5) is 0 Å². The van der Waals surface area contributed by atoms with Crippen molar-refractivity contribution in [1.29, 1.82) is 0 Å². The predicted octanol–water partition coefficient (Wildman–Crippen LogP) is 3.74. The Morgan fingerprint density at radius 3 is 2.90 bits per heavy atom. The van der Waals surface area contributed by atoms with Gasteiger partial charge in [0.2, 0.25) is 5.16 Å². The summed E-state index contributed by atoms with van der Waals surface area (Å²) in [6, 6.07) is 4.04. The zero-order valence-electron chi connectivity index (χ0n) is 11.7. The molecule has 0 fully saturated rings. The Labute approximate surface area is 126 Å². The molecule has 0 bridgehead atoms. The molecule has 106 valence electrons. The molecule has 6 heteroatoms. The highest BCUT2D eigenvalue weighted by Crippen LogP contribution is 2.21. The standard InChI is InChI=1S/C14H17N3OS2/c1-14(2,3)11(18)9-20-13-15-12(16-17-13)7-6-10-5-4-8-19-10/h4-8H,9H2,1-3H3,(H,15,16,17)/b7-6+. The Kier molecular flexibility index (Phi) is 4.77. The molecular formula is C14H17N3OS2. The van der Waals surface area contributed by atoms with Gasteiger partial charge in [0, 0.05) is 10.3 Å². The Bertz CT molecular complexity index is 594. The van der Waals surface area contributed by atoms with E-state index in [9.17, 15) is 4.79 Å². The van der Waals surface area contributed by atoms with Gasteiger partial charge in [-0.2, -0.15) is 0 Å². The summed E-state index contributed by atoms with van der Waals surface area (Å²) >= 11 is 3.03. The van der Waals surface area contributed by atoms with Gasteiger partial charge in [-0.05, 0) is 23.6 Å². The summed E-state index contributed by atoms with van der Waals surface area (Å²) in [7, 11) is 0. The molecule has 20 heavy (non-hydrogen) atoms. The molecular weight excluding hydrogens is 290 g/mol. The van der Waals surface area contributed by atoms with E-state index < -0.39 is 0 Å². The van der Waals surface area contributed by atoms with Crippen LogP contribution < -0.4 is 0 Å². The van der Waals surface area contributed by atoms with Crippen molar-refractivity contribution in [3.63, 3.8) is 0 Å². The maximum Gasteiger partial charge on any atom is 0.209 e. The van der Waals surface area contributed by atoms with Crippen LogP contribution in [0.2, 0.25) is 0 Å². The predicted molar refractivity (Wildman–Crippen MR) is 84.8 cm³/mol. The van der Waals surface area contributed by atoms with E-state index in [-0.39, 0.29) is 11.2 Å². The molecule has 0 unspecified atom stereocenters. The smallest absolute Gasteiger partial charge is 0.209 e. The fourth-order valence-corrected chi connectivity index (χ4v) is 2.88. The van der Waals surface area contributed by atoms with Crippen LogP contribution in [0.25, 0.3) is 12.2 Å². The third-order valence-corrected chi connectivity index (χ3v) is 4.28. The molecule has 1 N–H and O–H groups in total. The van der Waals surface area contributed by atoms with Crippen molar-refractivity contribution in [2.75, 3.05) is 5.75 Å². The summed E-state index contributed by atoms with van der Waals surface area (Å²) in [5.41, 5.74) is -0.314. The van der Waals surface area contributed by atoms with Crippen molar-refractivity contribution in [2.45, 2.75) is 25.9 Å². The topological polar surface area (TPSA) is 58.6 Å². The maximum atomic E-state index is 11.8. The minimum Gasteiger partial charge on any atom is -0.298 e. The van der Waals surface area contributed by atoms with Crippen molar-refractivity contribution < 1.29 is 4.79 Å². The van der Waals surface area contributed by atoms with Gasteiger partial charge < -0.3 is 0 Å². The van der Waals surface area contributed by atoms with Crippen LogP contribution in [0.1, 0.15) is 31.5 Å². The lowest BCUT2D eigenvalue weighted by molar-refractivity contribution is -0.123. The molecule has 0 saturated heterocycles. The first-order chi connectivity index (χ1) is 9.45. The Morgan fingerprint density at radius 1 is 1.45 bits per heavy atom. The monoisotopic (exact) mass is 307 g/mol. The highest BCUT2D eigenvalue weighted by atomic mass is 32.2. The molecule has 0 radical (unpaired) electrons. The molecule has 0 aromatic carbocycles. The molecule has 0 aliphatic rings. The van der Waals surface area contributed by atoms with Gasteiger partial charge in [-0.25, -0.2) is 4.98 Å². The van der Waals surface area contributed by atoms with E-state index in [0.717, 1.165) is 0 Å². The van der Waals surface area contributed by atoms with Crippen molar-refractivity contribution >= 4 is 41.0 Å². The SMILES string of the molecule is CC(C)(C)C(=O)CSc1n[nH]c(/C=C/c2cccs2)n1. The van der Waals surface area contributed by atoms with Crippen LogP contribution in [0.3, 0.4) is 0 Å². The van der Waals surface area contributed by atoms with E-state index in [2.05, 4.69) is 15.2 Å². The van der Waals surface area contributed by atoms with Gasteiger partial charge in [0.05, 0.1) is 5.75 Å². The highest BCUT2D eigenvalue weighted by molar-refractivity contribution is 7.99. The lowest BCUT2D eigenvalue weighted by Gasteiger charge is -2.14.